The lowest BCUT2D eigenvalue weighted by Gasteiger charge is -2.06. The number of carbonyl (C=O) groups excluding carboxylic acids is 1. The maximum atomic E-state index is 11.4. The Kier molecular flexibility index (Phi) is 3.49. The third-order valence-corrected chi connectivity index (χ3v) is 1.94. The molecular weight excluding hydrogens is 198 g/mol. The number of aryl methyl sites for hydroxylation is 1. The molecular formula is C10H13NO4. The second kappa shape index (κ2) is 4.63. The lowest BCUT2D eigenvalue weighted by molar-refractivity contribution is -0.140. The molecule has 0 bridgehead atoms. The summed E-state index contributed by atoms with van der Waals surface area (Å²) in [7, 11) is 0. The molecule has 0 fully saturated rings. The molecule has 0 aliphatic heterocycles. The van der Waals surface area contributed by atoms with E-state index in [0.29, 0.717) is 0 Å². The molecule has 1 amide bonds. The Morgan fingerprint density at radius 3 is 2.73 bits per heavy atom. The van der Waals surface area contributed by atoms with Gasteiger partial charge in [-0.3, -0.25) is 9.59 Å². The first kappa shape index (κ1) is 11.3. The number of rotatable bonds is 4. The Morgan fingerprint density at radius 1 is 1.60 bits per heavy atom. The SMILES string of the molecule is Cc1coc(C(=O)NCC(C)C(=O)O)c1. The number of hydrogen-bond donors (Lipinski definition) is 2. The highest BCUT2D eigenvalue weighted by Crippen LogP contribution is 2.05. The Balaban J connectivity index is 2.47. The lowest BCUT2D eigenvalue weighted by Crippen LogP contribution is -2.31. The summed E-state index contributed by atoms with van der Waals surface area (Å²) < 4.78 is 4.96. The van der Waals surface area contributed by atoms with E-state index in [1.165, 1.54) is 13.2 Å². The molecule has 1 unspecified atom stereocenters. The number of hydrogen-bond acceptors (Lipinski definition) is 3. The number of amides is 1. The molecule has 0 saturated carbocycles. The highest BCUT2D eigenvalue weighted by atomic mass is 16.4. The third-order valence-electron chi connectivity index (χ3n) is 1.94. The Hall–Kier alpha value is -1.78. The van der Waals surface area contributed by atoms with Crippen LogP contribution in [-0.4, -0.2) is 23.5 Å². The van der Waals surface area contributed by atoms with Gasteiger partial charge in [-0.15, -0.1) is 0 Å². The summed E-state index contributed by atoms with van der Waals surface area (Å²) >= 11 is 0. The van der Waals surface area contributed by atoms with Crippen molar-refractivity contribution in [1.82, 2.24) is 5.32 Å². The summed E-state index contributed by atoms with van der Waals surface area (Å²) in [6.07, 6.45) is 1.47. The molecule has 5 nitrogen and oxygen atoms in total. The van der Waals surface area contributed by atoms with Crippen LogP contribution >= 0.6 is 0 Å². The van der Waals surface area contributed by atoms with Crippen LogP contribution in [0.25, 0.3) is 0 Å². The van der Waals surface area contributed by atoms with E-state index in [9.17, 15) is 9.59 Å². The maximum Gasteiger partial charge on any atom is 0.308 e. The fourth-order valence-electron chi connectivity index (χ4n) is 0.971. The van der Waals surface area contributed by atoms with Gasteiger partial charge >= 0.3 is 5.97 Å². The first-order valence-electron chi connectivity index (χ1n) is 4.57. The molecule has 15 heavy (non-hydrogen) atoms. The molecule has 0 aromatic carbocycles. The van der Waals surface area contributed by atoms with Crippen LogP contribution in [0.5, 0.6) is 0 Å². The predicted octanol–water partition coefficient (Wildman–Crippen LogP) is 1.04. The molecule has 0 radical (unpaired) electrons. The second-order valence-corrected chi connectivity index (χ2v) is 3.44. The summed E-state index contributed by atoms with van der Waals surface area (Å²) in [5.41, 5.74) is 0.853. The summed E-state index contributed by atoms with van der Waals surface area (Å²) in [6, 6.07) is 1.60. The van der Waals surface area contributed by atoms with Crippen molar-refractivity contribution in [3.63, 3.8) is 0 Å². The van der Waals surface area contributed by atoms with Crippen molar-refractivity contribution in [2.75, 3.05) is 6.54 Å². The summed E-state index contributed by atoms with van der Waals surface area (Å²) in [5, 5.41) is 11.1. The van der Waals surface area contributed by atoms with Gasteiger partial charge in [-0.25, -0.2) is 0 Å². The number of furan rings is 1. The van der Waals surface area contributed by atoms with Crippen LogP contribution in [0.4, 0.5) is 0 Å². The van der Waals surface area contributed by atoms with E-state index in [2.05, 4.69) is 5.32 Å². The summed E-state index contributed by atoms with van der Waals surface area (Å²) in [5.74, 6) is -1.74. The summed E-state index contributed by atoms with van der Waals surface area (Å²) in [6.45, 7) is 3.42. The van der Waals surface area contributed by atoms with Crippen molar-refractivity contribution < 1.29 is 19.1 Å². The average molecular weight is 211 g/mol. The van der Waals surface area contributed by atoms with Crippen molar-refractivity contribution in [1.29, 1.82) is 0 Å². The number of carboxylic acid groups (broad SMARTS) is 1. The smallest absolute Gasteiger partial charge is 0.308 e. The largest absolute Gasteiger partial charge is 0.481 e. The first-order valence-corrected chi connectivity index (χ1v) is 4.57. The van der Waals surface area contributed by atoms with Crippen LogP contribution in [-0.2, 0) is 4.79 Å². The standard InChI is InChI=1S/C10H13NO4/c1-6-3-8(15-5-6)9(12)11-4-7(2)10(13)14/h3,5,7H,4H2,1-2H3,(H,11,12)(H,13,14). The van der Waals surface area contributed by atoms with Gasteiger partial charge in [0.05, 0.1) is 12.2 Å². The van der Waals surface area contributed by atoms with E-state index in [1.54, 1.807) is 13.0 Å². The molecule has 1 aromatic heterocycles. The summed E-state index contributed by atoms with van der Waals surface area (Å²) in [4.78, 5) is 21.9. The van der Waals surface area contributed by atoms with Gasteiger partial charge in [-0.1, -0.05) is 6.92 Å². The molecule has 1 rings (SSSR count). The van der Waals surface area contributed by atoms with Gasteiger partial charge < -0.3 is 14.8 Å². The Morgan fingerprint density at radius 2 is 2.27 bits per heavy atom. The fraction of sp³-hybridized carbons (Fsp3) is 0.400. The zero-order valence-electron chi connectivity index (χ0n) is 8.61. The first-order chi connectivity index (χ1) is 7.00. The van der Waals surface area contributed by atoms with E-state index in [0.717, 1.165) is 5.56 Å². The minimum atomic E-state index is -0.939. The van der Waals surface area contributed by atoms with Gasteiger partial charge in [0.15, 0.2) is 5.76 Å². The molecule has 2 N–H and O–H groups in total. The molecule has 0 saturated heterocycles. The van der Waals surface area contributed by atoms with Crippen LogP contribution in [0.2, 0.25) is 0 Å². The van der Waals surface area contributed by atoms with Crippen LogP contribution in [0.3, 0.4) is 0 Å². The van der Waals surface area contributed by atoms with Crippen LogP contribution < -0.4 is 5.32 Å². The van der Waals surface area contributed by atoms with Crippen molar-refractivity contribution in [3.8, 4) is 0 Å². The van der Waals surface area contributed by atoms with E-state index in [4.69, 9.17) is 9.52 Å². The van der Waals surface area contributed by atoms with E-state index >= 15 is 0 Å². The molecule has 82 valence electrons. The zero-order chi connectivity index (χ0) is 11.4. The third kappa shape index (κ3) is 3.12. The van der Waals surface area contributed by atoms with E-state index < -0.39 is 17.8 Å². The molecule has 0 aliphatic carbocycles. The molecule has 0 spiro atoms. The van der Waals surface area contributed by atoms with Gasteiger partial charge in [0, 0.05) is 6.54 Å². The quantitative estimate of drug-likeness (QED) is 0.779. The van der Waals surface area contributed by atoms with Crippen LogP contribution in [0.1, 0.15) is 23.0 Å². The number of carboxylic acids is 1. The predicted molar refractivity (Wildman–Crippen MR) is 52.6 cm³/mol. The Bertz CT molecular complexity index is 369. The highest BCUT2D eigenvalue weighted by molar-refractivity contribution is 5.91. The average Bonchev–Trinajstić information content (AvgIpc) is 2.60. The van der Waals surface area contributed by atoms with Crippen LogP contribution in [0.15, 0.2) is 16.7 Å². The van der Waals surface area contributed by atoms with Crippen molar-refractivity contribution >= 4 is 11.9 Å². The van der Waals surface area contributed by atoms with Crippen LogP contribution in [0, 0.1) is 12.8 Å². The lowest BCUT2D eigenvalue weighted by atomic mass is 10.2. The molecule has 1 atom stereocenters. The maximum absolute atomic E-state index is 11.4. The number of carbonyl (C=O) groups is 2. The molecule has 0 aliphatic rings. The molecule has 5 heteroatoms. The Labute approximate surface area is 87.1 Å². The van der Waals surface area contributed by atoms with Gasteiger partial charge in [0.25, 0.3) is 5.91 Å². The second-order valence-electron chi connectivity index (χ2n) is 3.44. The monoisotopic (exact) mass is 211 g/mol. The van der Waals surface area contributed by atoms with Crippen molar-refractivity contribution in [2.45, 2.75) is 13.8 Å². The molecule has 1 heterocycles. The van der Waals surface area contributed by atoms with Gasteiger partial charge in [-0.05, 0) is 18.6 Å². The van der Waals surface area contributed by atoms with E-state index in [-0.39, 0.29) is 12.3 Å². The zero-order valence-corrected chi connectivity index (χ0v) is 8.61. The highest BCUT2D eigenvalue weighted by Gasteiger charge is 2.14. The van der Waals surface area contributed by atoms with Gasteiger partial charge in [-0.2, -0.15) is 0 Å². The van der Waals surface area contributed by atoms with Crippen molar-refractivity contribution in [3.05, 3.63) is 23.7 Å². The van der Waals surface area contributed by atoms with Crippen molar-refractivity contribution in [2.24, 2.45) is 5.92 Å². The minimum Gasteiger partial charge on any atom is -0.481 e. The minimum absolute atomic E-state index is 0.0912. The normalized spacial score (nSPS) is 12.1. The van der Waals surface area contributed by atoms with Gasteiger partial charge in [0.2, 0.25) is 0 Å². The number of aliphatic carboxylic acids is 1. The topological polar surface area (TPSA) is 79.5 Å². The van der Waals surface area contributed by atoms with Gasteiger partial charge in [0.1, 0.15) is 0 Å². The fourth-order valence-corrected chi connectivity index (χ4v) is 0.971. The van der Waals surface area contributed by atoms with E-state index in [1.807, 2.05) is 0 Å². The molecule has 1 aromatic rings. The number of nitrogens with one attached hydrogen (secondary N) is 1.